The largest absolute Gasteiger partial charge is 0.396 e. The Kier molecular flexibility index (Phi) is 4.52. The first-order chi connectivity index (χ1) is 7.61. The van der Waals surface area contributed by atoms with Crippen LogP contribution in [0.5, 0.6) is 0 Å². The van der Waals surface area contributed by atoms with Crippen molar-refractivity contribution in [3.63, 3.8) is 0 Å². The minimum Gasteiger partial charge on any atom is -0.396 e. The molecule has 84 valence electrons. The molecule has 16 heavy (non-hydrogen) atoms. The van der Waals surface area contributed by atoms with Crippen LogP contribution >= 0.6 is 0 Å². The number of aryl methyl sites for hydroxylation is 2. The topological polar surface area (TPSA) is 26.0 Å². The van der Waals surface area contributed by atoms with E-state index in [-0.39, 0.29) is 11.5 Å². The van der Waals surface area contributed by atoms with Crippen LogP contribution in [-0.4, -0.2) is 0 Å². The molecule has 2 N–H and O–H groups in total. The molecule has 0 aliphatic carbocycles. The quantitative estimate of drug-likeness (QED) is 0.669. The molecule has 0 aromatic heterocycles. The lowest BCUT2D eigenvalue weighted by Gasteiger charge is -1.97. The highest BCUT2D eigenvalue weighted by atomic mass is 19.1. The van der Waals surface area contributed by atoms with E-state index in [0.29, 0.717) is 0 Å². The van der Waals surface area contributed by atoms with E-state index >= 15 is 0 Å². The standard InChI is InChI=1S/C7H8FN.C7H8/c1-5-3-2-4-6(8)7(5)9;1-7-5-3-2-4-6-7/h2-4H,9H2,1H3;2-6H,1H3. The van der Waals surface area contributed by atoms with Gasteiger partial charge in [-0.1, -0.05) is 48.0 Å². The molecule has 2 rings (SSSR count). The van der Waals surface area contributed by atoms with Gasteiger partial charge in [0.25, 0.3) is 0 Å². The van der Waals surface area contributed by atoms with Crippen molar-refractivity contribution in [1.29, 1.82) is 0 Å². The molecule has 2 aromatic carbocycles. The van der Waals surface area contributed by atoms with Gasteiger partial charge in [-0.2, -0.15) is 0 Å². The van der Waals surface area contributed by atoms with Crippen LogP contribution in [-0.2, 0) is 0 Å². The molecule has 0 saturated heterocycles. The summed E-state index contributed by atoms with van der Waals surface area (Å²) in [4.78, 5) is 0. The van der Waals surface area contributed by atoms with E-state index in [9.17, 15) is 4.39 Å². The Morgan fingerprint density at radius 2 is 1.50 bits per heavy atom. The summed E-state index contributed by atoms with van der Waals surface area (Å²) in [5.74, 6) is -0.338. The highest BCUT2D eigenvalue weighted by Crippen LogP contribution is 2.13. The minimum absolute atomic E-state index is 0.248. The molecule has 2 aromatic rings. The van der Waals surface area contributed by atoms with Crippen molar-refractivity contribution in [2.75, 3.05) is 5.73 Å². The van der Waals surface area contributed by atoms with E-state index < -0.39 is 0 Å². The van der Waals surface area contributed by atoms with E-state index in [1.165, 1.54) is 11.6 Å². The van der Waals surface area contributed by atoms with Crippen molar-refractivity contribution in [2.24, 2.45) is 0 Å². The summed E-state index contributed by atoms with van der Waals surface area (Å²) in [7, 11) is 0. The Hall–Kier alpha value is -1.83. The van der Waals surface area contributed by atoms with E-state index in [1.54, 1.807) is 19.1 Å². The first kappa shape index (κ1) is 12.2. The van der Waals surface area contributed by atoms with Gasteiger partial charge in [0.1, 0.15) is 5.82 Å². The van der Waals surface area contributed by atoms with Crippen LogP contribution in [0, 0.1) is 19.7 Å². The van der Waals surface area contributed by atoms with Crippen molar-refractivity contribution in [1.82, 2.24) is 0 Å². The van der Waals surface area contributed by atoms with Gasteiger partial charge in [0.05, 0.1) is 5.69 Å². The highest BCUT2D eigenvalue weighted by Gasteiger charge is 1.96. The van der Waals surface area contributed by atoms with Crippen LogP contribution < -0.4 is 5.73 Å². The van der Waals surface area contributed by atoms with Gasteiger partial charge in [0.15, 0.2) is 0 Å². The summed E-state index contributed by atoms with van der Waals surface area (Å²) < 4.78 is 12.5. The molecule has 0 aliphatic heterocycles. The maximum atomic E-state index is 12.5. The molecule has 0 fully saturated rings. The molecule has 0 heterocycles. The van der Waals surface area contributed by atoms with Crippen LogP contribution in [0.15, 0.2) is 48.5 Å². The molecule has 0 aliphatic rings. The third-order valence-electron chi connectivity index (χ3n) is 2.21. The second-order valence-corrected chi connectivity index (χ2v) is 3.63. The molecule has 0 unspecified atom stereocenters. The maximum absolute atomic E-state index is 12.5. The number of nitrogen functional groups attached to an aromatic ring is 1. The first-order valence-electron chi connectivity index (χ1n) is 5.13. The molecule has 2 heteroatoms. The van der Waals surface area contributed by atoms with Crippen LogP contribution in [0.3, 0.4) is 0 Å². The Balaban J connectivity index is 0.000000165. The summed E-state index contributed by atoms with van der Waals surface area (Å²) in [5.41, 5.74) is 7.66. The Morgan fingerprint density at radius 3 is 1.88 bits per heavy atom. The smallest absolute Gasteiger partial charge is 0.146 e. The molecule has 1 nitrogen and oxygen atoms in total. The van der Waals surface area contributed by atoms with Gasteiger partial charge in [-0.3, -0.25) is 0 Å². The number of benzene rings is 2. The number of para-hydroxylation sites is 1. The van der Waals surface area contributed by atoms with Crippen LogP contribution in [0.25, 0.3) is 0 Å². The zero-order chi connectivity index (χ0) is 12.0. The number of halogens is 1. The van der Waals surface area contributed by atoms with Crippen molar-refractivity contribution in [3.8, 4) is 0 Å². The Labute approximate surface area is 95.7 Å². The number of anilines is 1. The van der Waals surface area contributed by atoms with Gasteiger partial charge in [0.2, 0.25) is 0 Å². The number of hydrogen-bond donors (Lipinski definition) is 1. The van der Waals surface area contributed by atoms with Gasteiger partial charge in [-0.15, -0.1) is 0 Å². The number of rotatable bonds is 0. The van der Waals surface area contributed by atoms with E-state index in [2.05, 4.69) is 19.1 Å². The Morgan fingerprint density at radius 1 is 0.875 bits per heavy atom. The molecule has 0 saturated carbocycles. The summed E-state index contributed by atoms with van der Waals surface area (Å²) in [5, 5.41) is 0. The average Bonchev–Trinajstić information content (AvgIpc) is 2.28. The predicted octanol–water partition coefficient (Wildman–Crippen LogP) is 3.71. The first-order valence-corrected chi connectivity index (χ1v) is 5.13. The van der Waals surface area contributed by atoms with Crippen molar-refractivity contribution in [3.05, 3.63) is 65.5 Å². The minimum atomic E-state index is -0.338. The van der Waals surface area contributed by atoms with Crippen molar-refractivity contribution in [2.45, 2.75) is 13.8 Å². The maximum Gasteiger partial charge on any atom is 0.146 e. The van der Waals surface area contributed by atoms with Gasteiger partial charge >= 0.3 is 0 Å². The second-order valence-electron chi connectivity index (χ2n) is 3.63. The number of nitrogens with two attached hydrogens (primary N) is 1. The average molecular weight is 217 g/mol. The lowest BCUT2D eigenvalue weighted by molar-refractivity contribution is 0.631. The van der Waals surface area contributed by atoms with E-state index in [4.69, 9.17) is 5.73 Å². The fourth-order valence-electron chi connectivity index (χ4n) is 1.18. The van der Waals surface area contributed by atoms with Crippen molar-refractivity contribution < 1.29 is 4.39 Å². The lowest BCUT2D eigenvalue weighted by atomic mass is 10.2. The second kappa shape index (κ2) is 5.91. The van der Waals surface area contributed by atoms with E-state index in [1.807, 2.05) is 18.2 Å². The zero-order valence-corrected chi connectivity index (χ0v) is 9.57. The summed E-state index contributed by atoms with van der Waals surface area (Å²) in [6.45, 7) is 3.86. The van der Waals surface area contributed by atoms with Crippen LogP contribution in [0.2, 0.25) is 0 Å². The summed E-state index contributed by atoms with van der Waals surface area (Å²) in [6.07, 6.45) is 0. The zero-order valence-electron chi connectivity index (χ0n) is 9.57. The normalized spacial score (nSPS) is 9.19. The van der Waals surface area contributed by atoms with Crippen molar-refractivity contribution >= 4 is 5.69 Å². The molecule has 0 bridgehead atoms. The van der Waals surface area contributed by atoms with Gasteiger partial charge in [-0.05, 0) is 25.5 Å². The third-order valence-corrected chi connectivity index (χ3v) is 2.21. The molecule has 0 amide bonds. The molecule has 0 atom stereocenters. The SMILES string of the molecule is Cc1cccc(F)c1N.Cc1ccccc1. The van der Waals surface area contributed by atoms with Gasteiger partial charge in [0, 0.05) is 0 Å². The summed E-state index contributed by atoms with van der Waals surface area (Å²) >= 11 is 0. The third kappa shape index (κ3) is 3.73. The molecule has 0 spiro atoms. The predicted molar refractivity (Wildman–Crippen MR) is 66.7 cm³/mol. The van der Waals surface area contributed by atoms with E-state index in [0.717, 1.165) is 5.56 Å². The van der Waals surface area contributed by atoms with Crippen LogP contribution in [0.1, 0.15) is 11.1 Å². The lowest BCUT2D eigenvalue weighted by Crippen LogP contribution is -1.92. The molecular weight excluding hydrogens is 201 g/mol. The fraction of sp³-hybridized carbons (Fsp3) is 0.143. The molecule has 0 radical (unpaired) electrons. The summed E-state index contributed by atoms with van der Waals surface area (Å²) in [6, 6.07) is 15.0. The highest BCUT2D eigenvalue weighted by molar-refractivity contribution is 5.46. The number of hydrogen-bond acceptors (Lipinski definition) is 1. The Bertz CT molecular complexity index is 417. The molecular formula is C14H16FN. The van der Waals surface area contributed by atoms with Gasteiger partial charge < -0.3 is 5.73 Å². The fourth-order valence-corrected chi connectivity index (χ4v) is 1.18. The monoisotopic (exact) mass is 217 g/mol. The van der Waals surface area contributed by atoms with Gasteiger partial charge in [-0.25, -0.2) is 4.39 Å². The van der Waals surface area contributed by atoms with Crippen LogP contribution in [0.4, 0.5) is 10.1 Å².